The monoisotopic (exact) mass is 428 g/mol. The fraction of sp³-hybridized carbons (Fsp3) is 0.294. The molecule has 0 radical (unpaired) electrons. The van der Waals surface area contributed by atoms with Crippen LogP contribution in [0, 0.1) is 5.82 Å². The minimum absolute atomic E-state index is 0. The Bertz CT molecular complexity index is 605. The summed E-state index contributed by atoms with van der Waals surface area (Å²) in [6.07, 6.45) is 2.48. The minimum Gasteiger partial charge on any atom is -0.357 e. The van der Waals surface area contributed by atoms with Gasteiger partial charge in [0.1, 0.15) is 5.82 Å². The Balaban J connectivity index is 0.00000264. The van der Waals surface area contributed by atoms with Crippen molar-refractivity contribution in [3.63, 3.8) is 0 Å². The number of hydrogen-bond donors (Lipinski definition) is 2. The maximum Gasteiger partial charge on any atom is 0.191 e. The van der Waals surface area contributed by atoms with E-state index >= 15 is 0 Å². The summed E-state index contributed by atoms with van der Waals surface area (Å²) in [6.45, 7) is 3.73. The number of hydrogen-bond acceptors (Lipinski definition) is 2. The first-order valence-electron chi connectivity index (χ1n) is 7.45. The summed E-state index contributed by atoms with van der Waals surface area (Å²) in [5.41, 5.74) is 1.62. The van der Waals surface area contributed by atoms with E-state index in [0.717, 1.165) is 19.5 Å². The van der Waals surface area contributed by atoms with Crippen LogP contribution in [0.2, 0.25) is 0 Å². The van der Waals surface area contributed by atoms with Crippen LogP contribution in [0.15, 0.2) is 53.7 Å². The molecule has 1 aromatic heterocycles. The third kappa shape index (κ3) is 6.94. The van der Waals surface area contributed by atoms with Crippen LogP contribution >= 0.6 is 24.0 Å². The third-order valence-corrected chi connectivity index (χ3v) is 3.11. The molecule has 0 spiro atoms. The fourth-order valence-electron chi connectivity index (χ4n) is 2.00. The molecule has 1 heterocycles. The van der Waals surface area contributed by atoms with E-state index in [1.165, 1.54) is 11.6 Å². The molecule has 23 heavy (non-hydrogen) atoms. The predicted octanol–water partition coefficient (Wildman–Crippen LogP) is 3.14. The molecule has 0 bridgehead atoms. The van der Waals surface area contributed by atoms with E-state index in [9.17, 15) is 4.39 Å². The Morgan fingerprint density at radius 3 is 2.61 bits per heavy atom. The second-order valence-electron chi connectivity index (χ2n) is 4.79. The molecule has 0 unspecified atom stereocenters. The van der Waals surface area contributed by atoms with Crippen molar-refractivity contribution in [2.24, 2.45) is 4.99 Å². The highest BCUT2D eigenvalue weighted by atomic mass is 127. The molecule has 2 N–H and O–H groups in total. The van der Waals surface area contributed by atoms with E-state index in [2.05, 4.69) is 32.7 Å². The number of aliphatic imine (C=N–C) groups is 1. The van der Waals surface area contributed by atoms with Crippen LogP contribution < -0.4 is 10.6 Å². The predicted molar refractivity (Wildman–Crippen MR) is 103 cm³/mol. The van der Waals surface area contributed by atoms with Crippen molar-refractivity contribution in [1.82, 2.24) is 15.6 Å². The summed E-state index contributed by atoms with van der Waals surface area (Å²) >= 11 is 0. The molecule has 2 aromatic rings. The molecule has 2 rings (SSSR count). The molecule has 1 aromatic carbocycles. The molecule has 0 amide bonds. The Morgan fingerprint density at radius 2 is 1.91 bits per heavy atom. The first kappa shape index (κ1) is 19.3. The molecule has 0 atom stereocenters. The SMILES string of the molecule is CCNC(=NCc1ncccc1F)NCCc1ccccc1.I. The number of guanidine groups is 1. The van der Waals surface area contributed by atoms with Gasteiger partial charge in [0, 0.05) is 19.3 Å². The highest BCUT2D eigenvalue weighted by molar-refractivity contribution is 14.0. The van der Waals surface area contributed by atoms with Crippen molar-refractivity contribution in [1.29, 1.82) is 0 Å². The molecule has 0 aliphatic heterocycles. The molecule has 124 valence electrons. The van der Waals surface area contributed by atoms with E-state index in [4.69, 9.17) is 0 Å². The van der Waals surface area contributed by atoms with Gasteiger partial charge in [-0.15, -0.1) is 24.0 Å². The smallest absolute Gasteiger partial charge is 0.191 e. The fourth-order valence-corrected chi connectivity index (χ4v) is 2.00. The minimum atomic E-state index is -0.327. The van der Waals surface area contributed by atoms with Crippen molar-refractivity contribution in [2.75, 3.05) is 13.1 Å². The van der Waals surface area contributed by atoms with Crippen molar-refractivity contribution in [3.05, 3.63) is 65.7 Å². The number of rotatable bonds is 6. The summed E-state index contributed by atoms with van der Waals surface area (Å²) < 4.78 is 13.5. The van der Waals surface area contributed by atoms with Crippen LogP contribution in [0.5, 0.6) is 0 Å². The van der Waals surface area contributed by atoms with Gasteiger partial charge < -0.3 is 10.6 Å². The number of benzene rings is 1. The van der Waals surface area contributed by atoms with Crippen molar-refractivity contribution >= 4 is 29.9 Å². The van der Waals surface area contributed by atoms with Crippen LogP contribution in [0.3, 0.4) is 0 Å². The van der Waals surface area contributed by atoms with Crippen LogP contribution in [-0.4, -0.2) is 24.0 Å². The van der Waals surface area contributed by atoms with E-state index in [1.807, 2.05) is 25.1 Å². The highest BCUT2D eigenvalue weighted by Crippen LogP contribution is 2.03. The van der Waals surface area contributed by atoms with E-state index in [1.54, 1.807) is 12.3 Å². The Morgan fingerprint density at radius 1 is 1.13 bits per heavy atom. The van der Waals surface area contributed by atoms with Crippen molar-refractivity contribution < 1.29 is 4.39 Å². The zero-order chi connectivity index (χ0) is 15.6. The van der Waals surface area contributed by atoms with Gasteiger partial charge >= 0.3 is 0 Å². The Labute approximate surface area is 153 Å². The van der Waals surface area contributed by atoms with Crippen LogP contribution in [0.1, 0.15) is 18.2 Å². The molecule has 4 nitrogen and oxygen atoms in total. The number of nitrogens with zero attached hydrogens (tertiary/aromatic N) is 2. The second-order valence-corrected chi connectivity index (χ2v) is 4.79. The maximum absolute atomic E-state index is 13.5. The highest BCUT2D eigenvalue weighted by Gasteiger charge is 2.02. The lowest BCUT2D eigenvalue weighted by atomic mass is 10.1. The summed E-state index contributed by atoms with van der Waals surface area (Å²) in [6, 6.07) is 13.2. The van der Waals surface area contributed by atoms with Crippen molar-refractivity contribution in [3.8, 4) is 0 Å². The largest absolute Gasteiger partial charge is 0.357 e. The maximum atomic E-state index is 13.5. The molecule has 6 heteroatoms. The molecule has 0 saturated heterocycles. The van der Waals surface area contributed by atoms with Gasteiger partial charge in [-0.25, -0.2) is 9.38 Å². The van der Waals surface area contributed by atoms with Crippen LogP contribution in [0.25, 0.3) is 0 Å². The van der Waals surface area contributed by atoms with Gasteiger partial charge in [0.15, 0.2) is 5.96 Å². The Kier molecular flexibility index (Phi) is 9.20. The van der Waals surface area contributed by atoms with Crippen LogP contribution in [-0.2, 0) is 13.0 Å². The molecule has 0 fully saturated rings. The lowest BCUT2D eigenvalue weighted by Crippen LogP contribution is -2.38. The summed E-state index contributed by atoms with van der Waals surface area (Å²) in [5, 5.41) is 6.39. The molecule has 0 aliphatic carbocycles. The average molecular weight is 428 g/mol. The van der Waals surface area contributed by atoms with Gasteiger partial charge in [0.05, 0.1) is 12.2 Å². The number of halogens is 2. The van der Waals surface area contributed by atoms with Gasteiger partial charge in [-0.05, 0) is 31.0 Å². The average Bonchev–Trinajstić information content (AvgIpc) is 2.55. The van der Waals surface area contributed by atoms with E-state index in [-0.39, 0.29) is 36.3 Å². The molecule has 0 saturated carbocycles. The van der Waals surface area contributed by atoms with Gasteiger partial charge in [0.25, 0.3) is 0 Å². The zero-order valence-corrected chi connectivity index (χ0v) is 15.5. The molecular weight excluding hydrogens is 406 g/mol. The summed E-state index contributed by atoms with van der Waals surface area (Å²) in [5.74, 6) is 0.342. The quantitative estimate of drug-likeness (QED) is 0.423. The Hall–Kier alpha value is -1.70. The first-order valence-corrected chi connectivity index (χ1v) is 7.45. The van der Waals surface area contributed by atoms with Gasteiger partial charge in [-0.1, -0.05) is 30.3 Å². The standard InChI is InChI=1S/C17H21FN4.HI/c1-2-19-17(21-12-10-14-7-4-3-5-8-14)22-13-16-15(18)9-6-11-20-16;/h3-9,11H,2,10,12-13H2,1H3,(H2,19,21,22);1H. The third-order valence-electron chi connectivity index (χ3n) is 3.11. The molecule has 0 aliphatic rings. The van der Waals surface area contributed by atoms with Gasteiger partial charge in [-0.2, -0.15) is 0 Å². The lowest BCUT2D eigenvalue weighted by molar-refractivity contribution is 0.599. The van der Waals surface area contributed by atoms with Crippen molar-refractivity contribution in [2.45, 2.75) is 19.9 Å². The van der Waals surface area contributed by atoms with Crippen LogP contribution in [0.4, 0.5) is 4.39 Å². The van der Waals surface area contributed by atoms with Gasteiger partial charge in [0.2, 0.25) is 0 Å². The normalized spacial score (nSPS) is 10.8. The second kappa shape index (κ2) is 10.9. The number of pyridine rings is 1. The first-order chi connectivity index (χ1) is 10.8. The lowest BCUT2D eigenvalue weighted by Gasteiger charge is -2.11. The number of aromatic nitrogens is 1. The summed E-state index contributed by atoms with van der Waals surface area (Å²) in [4.78, 5) is 8.37. The van der Waals surface area contributed by atoms with Gasteiger partial charge in [-0.3, -0.25) is 4.98 Å². The topological polar surface area (TPSA) is 49.3 Å². The van der Waals surface area contributed by atoms with E-state index in [0.29, 0.717) is 11.7 Å². The zero-order valence-electron chi connectivity index (χ0n) is 13.1. The number of nitrogens with one attached hydrogen (secondary N) is 2. The summed E-state index contributed by atoms with van der Waals surface area (Å²) in [7, 11) is 0. The van der Waals surface area contributed by atoms with E-state index < -0.39 is 0 Å². The molecular formula is C17H22FIN4.